The molecule has 0 aliphatic carbocycles. The lowest BCUT2D eigenvalue weighted by atomic mass is 10.1. The van der Waals surface area contributed by atoms with Crippen molar-refractivity contribution in [3.63, 3.8) is 0 Å². The maximum absolute atomic E-state index is 12.1. The van der Waals surface area contributed by atoms with Gasteiger partial charge in [0.2, 0.25) is 0 Å². The van der Waals surface area contributed by atoms with Crippen LogP contribution in [0.2, 0.25) is 0 Å². The van der Waals surface area contributed by atoms with E-state index in [0.29, 0.717) is 12.2 Å². The Bertz CT molecular complexity index is 522. The Morgan fingerprint density at radius 3 is 2.48 bits per heavy atom. The summed E-state index contributed by atoms with van der Waals surface area (Å²) in [5, 5.41) is 2.48. The van der Waals surface area contributed by atoms with Gasteiger partial charge in [0.1, 0.15) is 0 Å². The zero-order chi connectivity index (χ0) is 16.7. The number of carbonyl (C=O) groups is 2. The van der Waals surface area contributed by atoms with Crippen molar-refractivity contribution < 1.29 is 19.1 Å². The van der Waals surface area contributed by atoms with Gasteiger partial charge in [-0.1, -0.05) is 13.8 Å². The number of hydrogen-bond acceptors (Lipinski definition) is 5. The van der Waals surface area contributed by atoms with Crippen molar-refractivity contribution in [3.8, 4) is 0 Å². The molecule has 2 rings (SSSR count). The minimum atomic E-state index is -0.558. The molecule has 1 aliphatic rings. The van der Waals surface area contributed by atoms with E-state index in [-0.39, 0.29) is 18.2 Å². The molecular formula is C17H24N2O4. The molecule has 0 bridgehead atoms. The van der Waals surface area contributed by atoms with E-state index < -0.39 is 6.09 Å². The molecule has 1 aromatic carbocycles. The van der Waals surface area contributed by atoms with Crippen LogP contribution in [-0.2, 0) is 9.47 Å². The fourth-order valence-corrected chi connectivity index (χ4v) is 2.23. The molecule has 1 aliphatic heterocycles. The Hall–Kier alpha value is -2.08. The topological polar surface area (TPSA) is 67.9 Å². The van der Waals surface area contributed by atoms with Gasteiger partial charge in [-0.2, -0.15) is 0 Å². The predicted octanol–water partition coefficient (Wildman–Crippen LogP) is 2.09. The lowest BCUT2D eigenvalue weighted by Crippen LogP contribution is -2.36. The van der Waals surface area contributed by atoms with Crippen LogP contribution >= 0.6 is 0 Å². The number of rotatable bonds is 6. The van der Waals surface area contributed by atoms with E-state index in [0.717, 1.165) is 32.0 Å². The molecule has 1 fully saturated rings. The Morgan fingerprint density at radius 1 is 1.22 bits per heavy atom. The number of Topliss-reactive ketones (excluding diaryl/α,β-unsaturated/α-hetero) is 1. The van der Waals surface area contributed by atoms with Gasteiger partial charge in [-0.05, 0) is 30.2 Å². The maximum Gasteiger partial charge on any atom is 0.407 e. The summed E-state index contributed by atoms with van der Waals surface area (Å²) in [4.78, 5) is 25.7. The summed E-state index contributed by atoms with van der Waals surface area (Å²) < 4.78 is 10.3. The highest BCUT2D eigenvalue weighted by atomic mass is 16.5. The molecule has 6 nitrogen and oxygen atoms in total. The van der Waals surface area contributed by atoms with Crippen LogP contribution in [0.15, 0.2) is 24.3 Å². The predicted molar refractivity (Wildman–Crippen MR) is 88.0 cm³/mol. The first kappa shape index (κ1) is 17.3. The lowest BCUT2D eigenvalue weighted by Gasteiger charge is -2.28. The second-order valence-corrected chi connectivity index (χ2v) is 5.92. The van der Waals surface area contributed by atoms with Gasteiger partial charge in [-0.3, -0.25) is 4.79 Å². The van der Waals surface area contributed by atoms with Gasteiger partial charge in [0, 0.05) is 24.3 Å². The third kappa shape index (κ3) is 5.56. The van der Waals surface area contributed by atoms with Crippen molar-refractivity contribution in [1.29, 1.82) is 0 Å². The molecule has 0 aromatic heterocycles. The molecule has 0 unspecified atom stereocenters. The third-order valence-corrected chi connectivity index (χ3v) is 3.51. The zero-order valence-corrected chi connectivity index (χ0v) is 13.7. The van der Waals surface area contributed by atoms with Gasteiger partial charge >= 0.3 is 6.09 Å². The van der Waals surface area contributed by atoms with Gasteiger partial charge in [0.25, 0.3) is 0 Å². The third-order valence-electron chi connectivity index (χ3n) is 3.51. The molecule has 0 spiro atoms. The number of carbonyl (C=O) groups excluding carboxylic acids is 2. The molecule has 1 aromatic rings. The van der Waals surface area contributed by atoms with Gasteiger partial charge in [0.15, 0.2) is 5.78 Å². The summed E-state index contributed by atoms with van der Waals surface area (Å²) in [6.07, 6.45) is -0.558. The van der Waals surface area contributed by atoms with E-state index in [9.17, 15) is 9.59 Å². The van der Waals surface area contributed by atoms with Gasteiger partial charge in [-0.25, -0.2) is 4.79 Å². The SMILES string of the molecule is CC(C)COC(=O)NCC(=O)c1ccc(N2CCOCC2)cc1. The highest BCUT2D eigenvalue weighted by Crippen LogP contribution is 2.16. The molecule has 1 N–H and O–H groups in total. The van der Waals surface area contributed by atoms with Crippen LogP contribution in [0.5, 0.6) is 0 Å². The van der Waals surface area contributed by atoms with E-state index in [1.807, 2.05) is 26.0 Å². The fraction of sp³-hybridized carbons (Fsp3) is 0.529. The van der Waals surface area contributed by atoms with Crippen molar-refractivity contribution in [3.05, 3.63) is 29.8 Å². The number of benzene rings is 1. The van der Waals surface area contributed by atoms with Crippen LogP contribution in [-0.4, -0.2) is 51.3 Å². The van der Waals surface area contributed by atoms with Crippen molar-refractivity contribution in [2.75, 3.05) is 44.4 Å². The van der Waals surface area contributed by atoms with Crippen LogP contribution in [0.1, 0.15) is 24.2 Å². The van der Waals surface area contributed by atoms with E-state index in [1.165, 1.54) is 0 Å². The van der Waals surface area contributed by atoms with Crippen molar-refractivity contribution in [1.82, 2.24) is 5.32 Å². The Balaban J connectivity index is 1.81. The number of amides is 1. The van der Waals surface area contributed by atoms with Gasteiger partial charge in [0.05, 0.1) is 26.4 Å². The minimum absolute atomic E-state index is 0.0617. The molecule has 0 radical (unpaired) electrons. The summed E-state index contributed by atoms with van der Waals surface area (Å²) in [6, 6.07) is 7.42. The number of ketones is 1. The van der Waals surface area contributed by atoms with Crippen LogP contribution in [0.25, 0.3) is 0 Å². The van der Waals surface area contributed by atoms with Gasteiger partial charge < -0.3 is 19.7 Å². The number of alkyl carbamates (subject to hydrolysis) is 1. The van der Waals surface area contributed by atoms with Crippen molar-refractivity contribution in [2.24, 2.45) is 5.92 Å². The largest absolute Gasteiger partial charge is 0.449 e. The highest BCUT2D eigenvalue weighted by Gasteiger charge is 2.13. The molecule has 23 heavy (non-hydrogen) atoms. The molecule has 1 amide bonds. The van der Waals surface area contributed by atoms with Crippen molar-refractivity contribution >= 4 is 17.6 Å². The van der Waals surface area contributed by atoms with Crippen LogP contribution in [0.3, 0.4) is 0 Å². The number of nitrogens with one attached hydrogen (secondary N) is 1. The quantitative estimate of drug-likeness (QED) is 0.813. The van der Waals surface area contributed by atoms with E-state index in [4.69, 9.17) is 9.47 Å². The summed E-state index contributed by atoms with van der Waals surface area (Å²) >= 11 is 0. The minimum Gasteiger partial charge on any atom is -0.449 e. The van der Waals surface area contributed by atoms with Gasteiger partial charge in [-0.15, -0.1) is 0 Å². The lowest BCUT2D eigenvalue weighted by molar-refractivity contribution is 0.0971. The van der Waals surface area contributed by atoms with Crippen LogP contribution < -0.4 is 10.2 Å². The summed E-state index contributed by atoms with van der Waals surface area (Å²) in [5.41, 5.74) is 1.65. The average molecular weight is 320 g/mol. The Labute approximate surface area is 136 Å². The smallest absolute Gasteiger partial charge is 0.407 e. The molecule has 1 heterocycles. The fourth-order valence-electron chi connectivity index (χ4n) is 2.23. The van der Waals surface area contributed by atoms with Crippen LogP contribution in [0, 0.1) is 5.92 Å². The molecule has 126 valence electrons. The molecule has 1 saturated heterocycles. The Morgan fingerprint density at radius 2 is 1.87 bits per heavy atom. The first-order valence-electron chi connectivity index (χ1n) is 7.93. The van der Waals surface area contributed by atoms with E-state index in [2.05, 4.69) is 10.2 Å². The second kappa shape index (κ2) is 8.53. The first-order chi connectivity index (χ1) is 11.1. The summed E-state index contributed by atoms with van der Waals surface area (Å²) in [6.45, 7) is 7.35. The second-order valence-electron chi connectivity index (χ2n) is 5.92. The zero-order valence-electron chi connectivity index (χ0n) is 13.7. The number of hydrogen-bond donors (Lipinski definition) is 1. The highest BCUT2D eigenvalue weighted by molar-refractivity contribution is 5.99. The first-order valence-corrected chi connectivity index (χ1v) is 7.93. The molecule has 6 heteroatoms. The normalized spacial score (nSPS) is 14.7. The maximum atomic E-state index is 12.1. The number of nitrogens with zero attached hydrogens (tertiary/aromatic N) is 1. The number of morpholine rings is 1. The molecular weight excluding hydrogens is 296 g/mol. The molecule has 0 atom stereocenters. The number of anilines is 1. The van der Waals surface area contributed by atoms with Crippen LogP contribution in [0.4, 0.5) is 10.5 Å². The monoisotopic (exact) mass is 320 g/mol. The van der Waals surface area contributed by atoms with E-state index >= 15 is 0 Å². The molecule has 0 saturated carbocycles. The van der Waals surface area contributed by atoms with E-state index in [1.54, 1.807) is 12.1 Å². The standard InChI is InChI=1S/C17H24N2O4/c1-13(2)12-23-17(21)18-11-16(20)14-3-5-15(6-4-14)19-7-9-22-10-8-19/h3-6,13H,7-12H2,1-2H3,(H,18,21). The van der Waals surface area contributed by atoms with Crippen molar-refractivity contribution in [2.45, 2.75) is 13.8 Å². The summed E-state index contributed by atoms with van der Waals surface area (Å²) in [7, 11) is 0. The summed E-state index contributed by atoms with van der Waals surface area (Å²) in [5.74, 6) is 0.129. The number of ether oxygens (including phenoxy) is 2. The average Bonchev–Trinajstić information content (AvgIpc) is 2.58. The Kier molecular flexibility index (Phi) is 6.40.